The summed E-state index contributed by atoms with van der Waals surface area (Å²) in [5.74, 6) is 4.79. The summed E-state index contributed by atoms with van der Waals surface area (Å²) >= 11 is 6.05. The molecule has 0 saturated heterocycles. The molecular weight excluding hydrogens is 367 g/mol. The summed E-state index contributed by atoms with van der Waals surface area (Å²) < 4.78 is 39.3. The van der Waals surface area contributed by atoms with Crippen molar-refractivity contribution >= 4 is 23.6 Å². The highest BCUT2D eigenvalue weighted by Crippen LogP contribution is 2.29. The summed E-state index contributed by atoms with van der Waals surface area (Å²) in [6.45, 7) is 1.77. The number of nitrogens with one attached hydrogen (secondary N) is 1. The van der Waals surface area contributed by atoms with Gasteiger partial charge < -0.3 is 5.32 Å². The molecule has 0 atom stereocenters. The van der Waals surface area contributed by atoms with Gasteiger partial charge in [0.05, 0.1) is 17.8 Å². The molecule has 4 nitrogen and oxygen atoms in total. The predicted octanol–water partition coefficient (Wildman–Crippen LogP) is 3.58. The number of carbonyl (C=O) groups excluding carboxylic acids is 1. The van der Waals surface area contributed by atoms with Gasteiger partial charge >= 0.3 is 6.18 Å². The van der Waals surface area contributed by atoms with Crippen LogP contribution in [0, 0.1) is 18.8 Å². The molecule has 0 bridgehead atoms. The van der Waals surface area contributed by atoms with Crippen LogP contribution >= 0.6 is 11.6 Å². The second-order valence-corrected chi connectivity index (χ2v) is 5.70. The van der Waals surface area contributed by atoms with Crippen molar-refractivity contribution in [3.05, 3.63) is 57.9 Å². The summed E-state index contributed by atoms with van der Waals surface area (Å²) in [7, 11) is 1.69. The monoisotopic (exact) mass is 381 g/mol. The van der Waals surface area contributed by atoms with E-state index in [1.165, 1.54) is 22.9 Å². The molecule has 1 N–H and O–H groups in total. The van der Waals surface area contributed by atoms with Crippen LogP contribution in [0.5, 0.6) is 0 Å². The minimum Gasteiger partial charge on any atom is -0.342 e. The first-order valence-electron chi connectivity index (χ1n) is 7.49. The Morgan fingerprint density at radius 3 is 2.77 bits per heavy atom. The molecule has 0 unspecified atom stereocenters. The van der Waals surface area contributed by atoms with E-state index in [0.717, 1.165) is 12.1 Å². The first-order chi connectivity index (χ1) is 12.2. The Morgan fingerprint density at radius 2 is 2.15 bits per heavy atom. The molecule has 136 valence electrons. The highest BCUT2D eigenvalue weighted by atomic mass is 35.5. The van der Waals surface area contributed by atoms with Crippen molar-refractivity contribution in [3.63, 3.8) is 0 Å². The Morgan fingerprint density at radius 1 is 1.42 bits per heavy atom. The molecule has 0 saturated carbocycles. The Balaban J connectivity index is 1.93. The number of carbonyl (C=O) groups is 1. The average molecular weight is 382 g/mol. The van der Waals surface area contributed by atoms with E-state index in [2.05, 4.69) is 22.3 Å². The zero-order valence-corrected chi connectivity index (χ0v) is 14.7. The summed E-state index contributed by atoms with van der Waals surface area (Å²) in [5.41, 5.74) is 0.785. The van der Waals surface area contributed by atoms with Gasteiger partial charge in [-0.2, -0.15) is 18.3 Å². The fourth-order valence-electron chi connectivity index (χ4n) is 2.10. The third kappa shape index (κ3) is 5.14. The van der Waals surface area contributed by atoms with Gasteiger partial charge in [-0.15, -0.1) is 0 Å². The van der Waals surface area contributed by atoms with Gasteiger partial charge in [0, 0.05) is 24.3 Å². The van der Waals surface area contributed by atoms with Gasteiger partial charge in [0.2, 0.25) is 5.91 Å². The zero-order chi connectivity index (χ0) is 19.3. The van der Waals surface area contributed by atoms with Crippen LogP contribution in [0.25, 0.3) is 6.08 Å². The second-order valence-electron chi connectivity index (χ2n) is 5.34. The molecule has 0 radical (unpaired) electrons. The van der Waals surface area contributed by atoms with Crippen molar-refractivity contribution < 1.29 is 18.0 Å². The lowest BCUT2D eigenvalue weighted by atomic mass is 10.1. The maximum absolute atomic E-state index is 12.6. The molecule has 1 heterocycles. The Labute approximate surface area is 153 Å². The SMILES string of the molecule is Cc1nn(C)c(Cl)c1/C=C/C(=O)NCC#Cc1cccc(C(F)(F)F)c1. The van der Waals surface area contributed by atoms with Crippen molar-refractivity contribution in [2.45, 2.75) is 13.1 Å². The molecule has 26 heavy (non-hydrogen) atoms. The van der Waals surface area contributed by atoms with Crippen molar-refractivity contribution in [1.29, 1.82) is 0 Å². The average Bonchev–Trinajstić information content (AvgIpc) is 2.81. The molecule has 2 rings (SSSR count). The molecule has 0 aliphatic carbocycles. The standard InChI is InChI=1S/C18H15ClF3N3O/c1-12-15(17(19)25(2)24-12)8-9-16(26)23-10-4-6-13-5-3-7-14(11-13)18(20,21)22/h3,5,7-9,11H,10H2,1-2H3,(H,23,26)/b9-8+. The van der Waals surface area contributed by atoms with E-state index in [4.69, 9.17) is 11.6 Å². The third-order valence-corrected chi connectivity index (χ3v) is 3.82. The first kappa shape index (κ1) is 19.6. The molecular formula is C18H15ClF3N3O. The predicted molar refractivity (Wildman–Crippen MR) is 93.3 cm³/mol. The Bertz CT molecular complexity index is 905. The number of aromatic nitrogens is 2. The number of alkyl halides is 3. The van der Waals surface area contributed by atoms with Crippen LogP contribution in [0.2, 0.25) is 5.15 Å². The van der Waals surface area contributed by atoms with E-state index in [0.29, 0.717) is 16.4 Å². The van der Waals surface area contributed by atoms with Gasteiger partial charge in [0.1, 0.15) is 5.15 Å². The van der Waals surface area contributed by atoms with E-state index in [1.54, 1.807) is 20.0 Å². The van der Waals surface area contributed by atoms with Gasteiger partial charge in [0.15, 0.2) is 0 Å². The molecule has 0 spiro atoms. The first-order valence-corrected chi connectivity index (χ1v) is 7.87. The second kappa shape index (κ2) is 8.11. The smallest absolute Gasteiger partial charge is 0.342 e. The Hall–Kier alpha value is -2.72. The minimum absolute atomic E-state index is 0.000821. The fraction of sp³-hybridized carbons (Fsp3) is 0.222. The van der Waals surface area contributed by atoms with Crippen LogP contribution in [0.3, 0.4) is 0 Å². The molecule has 0 aliphatic rings. The van der Waals surface area contributed by atoms with E-state index >= 15 is 0 Å². The Kier molecular flexibility index (Phi) is 6.11. The van der Waals surface area contributed by atoms with Crippen molar-refractivity contribution in [2.24, 2.45) is 7.05 Å². The molecule has 2 aromatic rings. The van der Waals surface area contributed by atoms with E-state index in [-0.39, 0.29) is 12.1 Å². The van der Waals surface area contributed by atoms with Crippen LogP contribution in [0.4, 0.5) is 13.2 Å². The van der Waals surface area contributed by atoms with E-state index in [1.807, 2.05) is 0 Å². The maximum Gasteiger partial charge on any atom is 0.416 e. The minimum atomic E-state index is -4.41. The number of halogens is 4. The highest BCUT2D eigenvalue weighted by molar-refractivity contribution is 6.31. The lowest BCUT2D eigenvalue weighted by Crippen LogP contribution is -2.20. The maximum atomic E-state index is 12.6. The summed E-state index contributed by atoms with van der Waals surface area (Å²) in [6, 6.07) is 4.69. The number of rotatable bonds is 3. The largest absolute Gasteiger partial charge is 0.416 e. The zero-order valence-electron chi connectivity index (χ0n) is 14.0. The molecule has 1 aromatic carbocycles. The summed E-state index contributed by atoms with van der Waals surface area (Å²) in [5, 5.41) is 7.06. The quantitative estimate of drug-likeness (QED) is 0.652. The topological polar surface area (TPSA) is 46.9 Å². The van der Waals surface area contributed by atoms with Gasteiger partial charge in [-0.25, -0.2) is 0 Å². The molecule has 8 heteroatoms. The van der Waals surface area contributed by atoms with E-state index in [9.17, 15) is 18.0 Å². The molecule has 0 aliphatic heterocycles. The van der Waals surface area contributed by atoms with Gasteiger partial charge in [-0.05, 0) is 31.2 Å². The van der Waals surface area contributed by atoms with Crippen molar-refractivity contribution in [3.8, 4) is 11.8 Å². The summed E-state index contributed by atoms with van der Waals surface area (Å²) in [6.07, 6.45) is -1.58. The highest BCUT2D eigenvalue weighted by Gasteiger charge is 2.30. The van der Waals surface area contributed by atoms with Crippen LogP contribution in [0.1, 0.15) is 22.4 Å². The third-order valence-electron chi connectivity index (χ3n) is 3.37. The number of hydrogen-bond acceptors (Lipinski definition) is 2. The molecule has 0 fully saturated rings. The van der Waals surface area contributed by atoms with Crippen LogP contribution in [-0.2, 0) is 18.0 Å². The van der Waals surface area contributed by atoms with Crippen LogP contribution in [-0.4, -0.2) is 22.2 Å². The molecule has 1 aromatic heterocycles. The van der Waals surface area contributed by atoms with Crippen molar-refractivity contribution in [2.75, 3.05) is 6.54 Å². The normalized spacial score (nSPS) is 11.3. The summed E-state index contributed by atoms with van der Waals surface area (Å²) in [4.78, 5) is 11.8. The number of aryl methyl sites for hydroxylation is 2. The lowest BCUT2D eigenvalue weighted by Gasteiger charge is -2.05. The number of hydrogen-bond donors (Lipinski definition) is 1. The van der Waals surface area contributed by atoms with E-state index < -0.39 is 17.6 Å². The van der Waals surface area contributed by atoms with Crippen LogP contribution < -0.4 is 5.32 Å². The van der Waals surface area contributed by atoms with Crippen molar-refractivity contribution in [1.82, 2.24) is 15.1 Å². The fourth-order valence-corrected chi connectivity index (χ4v) is 2.34. The van der Waals surface area contributed by atoms with Crippen LogP contribution in [0.15, 0.2) is 30.3 Å². The van der Waals surface area contributed by atoms with Gasteiger partial charge in [-0.1, -0.05) is 29.5 Å². The molecule has 1 amide bonds. The van der Waals surface area contributed by atoms with Gasteiger partial charge in [-0.3, -0.25) is 9.48 Å². The number of benzene rings is 1. The van der Waals surface area contributed by atoms with Gasteiger partial charge in [0.25, 0.3) is 0 Å². The number of amides is 1. The lowest BCUT2D eigenvalue weighted by molar-refractivity contribution is -0.137. The number of nitrogens with zero attached hydrogens (tertiary/aromatic N) is 2.